The number of hydrogen-bond acceptors (Lipinski definition) is 1. The van der Waals surface area contributed by atoms with Crippen molar-refractivity contribution in [1.82, 2.24) is 0 Å². The predicted octanol–water partition coefficient (Wildman–Crippen LogP) is 4.28. The Labute approximate surface area is 132 Å². The van der Waals surface area contributed by atoms with E-state index in [2.05, 4.69) is 41.5 Å². The van der Waals surface area contributed by atoms with Gasteiger partial charge < -0.3 is 26.5 Å². The summed E-state index contributed by atoms with van der Waals surface area (Å²) < 4.78 is 0. The summed E-state index contributed by atoms with van der Waals surface area (Å²) in [4.78, 5) is 0.905. The normalized spacial score (nSPS) is 7.76. The molecule has 0 nitrogen and oxygen atoms in total. The van der Waals surface area contributed by atoms with Crippen molar-refractivity contribution in [3.63, 3.8) is 0 Å². The molecule has 0 fully saturated rings. The maximum absolute atomic E-state index is 4.81. The summed E-state index contributed by atoms with van der Waals surface area (Å²) in [5.41, 5.74) is 0. The molecule has 1 rings (SSSR count). The van der Waals surface area contributed by atoms with E-state index in [4.69, 9.17) is 12.6 Å². The molecule has 17 heavy (non-hydrogen) atoms. The Morgan fingerprint density at radius 1 is 0.882 bits per heavy atom. The number of benzene rings is 1. The average molecular weight is 284 g/mol. The standard InChI is InChI=1S/C6H6S.2C4H9.Al.H2S/c7-6-4-2-1-3-5-6;2*1-4(2)3;;/h1-5,7H;2*4H,1H2,2-3H3;;1H2/q;2*-1;+3;/p-1. The van der Waals surface area contributed by atoms with E-state index in [0.29, 0.717) is 11.8 Å². The zero-order valence-electron chi connectivity index (χ0n) is 11.4. The topological polar surface area (TPSA) is 0 Å². The van der Waals surface area contributed by atoms with Gasteiger partial charge in [-0.25, -0.2) is 0 Å². The maximum atomic E-state index is 4.81. The van der Waals surface area contributed by atoms with E-state index in [1.807, 2.05) is 30.3 Å². The first kappa shape index (κ1) is 26.0. The van der Waals surface area contributed by atoms with Gasteiger partial charge in [-0.15, -0.1) is 0 Å². The second kappa shape index (κ2) is 18.7. The Balaban J connectivity index is -0.0000000755. The van der Waals surface area contributed by atoms with Crippen LogP contribution in [0.25, 0.3) is 0 Å². The van der Waals surface area contributed by atoms with Crippen LogP contribution in [0.5, 0.6) is 0 Å². The third kappa shape index (κ3) is 48.3. The van der Waals surface area contributed by atoms with Crippen molar-refractivity contribution in [2.45, 2.75) is 32.6 Å². The zero-order valence-corrected chi connectivity index (χ0v) is 14.4. The fourth-order valence-corrected chi connectivity index (χ4v) is 0.578. The molecule has 0 unspecified atom stereocenters. The van der Waals surface area contributed by atoms with Crippen LogP contribution < -0.4 is 0 Å². The van der Waals surface area contributed by atoms with Gasteiger partial charge in [-0.3, -0.25) is 0 Å². The molecule has 0 spiro atoms. The van der Waals surface area contributed by atoms with Crippen LogP contribution in [-0.4, -0.2) is 17.4 Å². The molecule has 0 atom stereocenters. The van der Waals surface area contributed by atoms with Gasteiger partial charge in [0.1, 0.15) is 0 Å². The molecule has 0 heterocycles. The van der Waals surface area contributed by atoms with Crippen LogP contribution in [-0.2, 0) is 12.6 Å². The zero-order chi connectivity index (χ0) is 12.3. The minimum Gasteiger partial charge on any atom is -0.780 e. The molecule has 0 aliphatic carbocycles. The molecule has 0 aromatic heterocycles. The Hall–Kier alpha value is 0.322. The molecule has 0 saturated carbocycles. The molecule has 0 aliphatic rings. The fourth-order valence-electron chi connectivity index (χ4n) is 0.420. The summed E-state index contributed by atoms with van der Waals surface area (Å²) in [6.45, 7) is 15.5. The molecule has 3 heteroatoms. The molecule has 0 aliphatic heterocycles. The van der Waals surface area contributed by atoms with Gasteiger partial charge >= 0.3 is 17.4 Å². The number of rotatable bonds is 0. The van der Waals surface area contributed by atoms with Crippen LogP contribution in [0.3, 0.4) is 0 Å². The first-order valence-corrected chi connectivity index (χ1v) is 5.65. The number of hydrogen-bond donors (Lipinski definition) is 0. The van der Waals surface area contributed by atoms with Crippen molar-refractivity contribution in [2.75, 3.05) is 0 Å². The molecule has 0 N–H and O–H groups in total. The molecule has 0 bridgehead atoms. The fraction of sp³-hybridized carbons (Fsp3) is 0.429. The van der Waals surface area contributed by atoms with E-state index in [-0.39, 0.29) is 30.9 Å². The largest absolute Gasteiger partial charge is 3.00 e. The minimum atomic E-state index is 0. The van der Waals surface area contributed by atoms with Crippen LogP contribution in [0.2, 0.25) is 0 Å². The van der Waals surface area contributed by atoms with E-state index < -0.39 is 0 Å². The van der Waals surface area contributed by atoms with Gasteiger partial charge in [0.2, 0.25) is 0 Å². The quantitative estimate of drug-likeness (QED) is 0.389. The third-order valence-corrected chi connectivity index (χ3v) is 1.02. The van der Waals surface area contributed by atoms with Crippen LogP contribution in [0, 0.1) is 25.7 Å². The molecule has 0 amide bonds. The molecule has 0 radical (unpaired) electrons. The molecule has 0 saturated heterocycles. The molecule has 1 aromatic rings. The Morgan fingerprint density at radius 2 is 1.12 bits per heavy atom. The van der Waals surface area contributed by atoms with Gasteiger partial charge in [0.15, 0.2) is 0 Å². The van der Waals surface area contributed by atoms with E-state index >= 15 is 0 Å². The van der Waals surface area contributed by atoms with Gasteiger partial charge in [0.05, 0.1) is 0 Å². The summed E-state index contributed by atoms with van der Waals surface area (Å²) in [5, 5.41) is 0. The Kier molecular flexibility index (Phi) is 28.6. The SMILES string of the molecule is S.[Al+3].[CH2-]C(C)C.[CH2-]C(C)C.[S-]c1ccccc1. The molecule has 96 valence electrons. The van der Waals surface area contributed by atoms with Gasteiger partial charge in [-0.05, 0) is 0 Å². The van der Waals surface area contributed by atoms with Crippen LogP contribution in [0.15, 0.2) is 35.2 Å². The third-order valence-electron chi connectivity index (χ3n) is 0.743. The van der Waals surface area contributed by atoms with Crippen molar-refractivity contribution in [3.8, 4) is 0 Å². The average Bonchev–Trinajstić information content (AvgIpc) is 2.03. The monoisotopic (exact) mass is 284 g/mol. The summed E-state index contributed by atoms with van der Waals surface area (Å²) >= 11 is 4.81. The van der Waals surface area contributed by atoms with Crippen LogP contribution >= 0.6 is 13.5 Å². The maximum Gasteiger partial charge on any atom is 3.00 e. The first-order chi connectivity index (χ1) is 6.86. The summed E-state index contributed by atoms with van der Waals surface area (Å²) in [5.74, 6) is 1.17. The first-order valence-electron chi connectivity index (χ1n) is 5.24. The van der Waals surface area contributed by atoms with E-state index in [9.17, 15) is 0 Å². The van der Waals surface area contributed by atoms with Gasteiger partial charge in [-0.2, -0.15) is 30.2 Å². The molecular weight excluding hydrogens is 259 g/mol. The van der Waals surface area contributed by atoms with Crippen molar-refractivity contribution >= 4 is 43.5 Å². The van der Waals surface area contributed by atoms with Crippen molar-refractivity contribution in [1.29, 1.82) is 0 Å². The summed E-state index contributed by atoms with van der Waals surface area (Å²) in [6, 6.07) is 9.62. The molecular formula is C14H25AlS2. The van der Waals surface area contributed by atoms with Crippen LogP contribution in [0.1, 0.15) is 27.7 Å². The Morgan fingerprint density at radius 3 is 1.24 bits per heavy atom. The van der Waals surface area contributed by atoms with E-state index in [0.717, 1.165) is 4.90 Å². The van der Waals surface area contributed by atoms with Crippen LogP contribution in [0.4, 0.5) is 0 Å². The van der Waals surface area contributed by atoms with Gasteiger partial charge in [0, 0.05) is 0 Å². The summed E-state index contributed by atoms with van der Waals surface area (Å²) in [6.07, 6.45) is 0. The van der Waals surface area contributed by atoms with E-state index in [1.54, 1.807) is 0 Å². The minimum absolute atomic E-state index is 0. The van der Waals surface area contributed by atoms with Crippen molar-refractivity contribution in [2.24, 2.45) is 11.8 Å². The smallest absolute Gasteiger partial charge is 0.780 e. The Bertz CT molecular complexity index is 199. The second-order valence-electron chi connectivity index (χ2n) is 4.10. The second-order valence-corrected chi connectivity index (χ2v) is 4.57. The van der Waals surface area contributed by atoms with E-state index in [1.165, 1.54) is 0 Å². The van der Waals surface area contributed by atoms with Gasteiger partial charge in [0.25, 0.3) is 0 Å². The molecule has 1 aromatic carbocycles. The predicted molar refractivity (Wildman–Crippen MR) is 88.6 cm³/mol. The summed E-state index contributed by atoms with van der Waals surface area (Å²) in [7, 11) is 0. The van der Waals surface area contributed by atoms with Crippen molar-refractivity contribution < 1.29 is 0 Å². The van der Waals surface area contributed by atoms with Crippen molar-refractivity contribution in [3.05, 3.63) is 44.2 Å². The van der Waals surface area contributed by atoms with Gasteiger partial charge in [-0.1, -0.05) is 58.0 Å².